The molecule has 1 aliphatic heterocycles. The highest BCUT2D eigenvalue weighted by Crippen LogP contribution is 2.21. The van der Waals surface area contributed by atoms with Gasteiger partial charge in [0.2, 0.25) is 0 Å². The molecule has 0 saturated carbocycles. The van der Waals surface area contributed by atoms with E-state index in [1.54, 1.807) is 0 Å². The molecule has 1 fully saturated rings. The molecule has 19 heavy (non-hydrogen) atoms. The minimum atomic E-state index is 0.499. The zero-order valence-corrected chi connectivity index (χ0v) is 12.9. The molecule has 0 N–H and O–H groups in total. The normalized spacial score (nSPS) is 22.6. The molecular formula is C15H26ClN3. The predicted octanol–water partition coefficient (Wildman–Crippen LogP) is 3.70. The predicted molar refractivity (Wildman–Crippen MR) is 80.6 cm³/mol. The van der Waals surface area contributed by atoms with Crippen molar-refractivity contribution in [2.75, 3.05) is 19.0 Å². The van der Waals surface area contributed by atoms with Gasteiger partial charge in [-0.1, -0.05) is 6.92 Å². The van der Waals surface area contributed by atoms with Gasteiger partial charge in [0.05, 0.1) is 5.69 Å². The first-order valence-corrected chi connectivity index (χ1v) is 8.08. The van der Waals surface area contributed by atoms with Gasteiger partial charge in [0.25, 0.3) is 0 Å². The van der Waals surface area contributed by atoms with Gasteiger partial charge < -0.3 is 0 Å². The molecule has 1 aromatic rings. The summed E-state index contributed by atoms with van der Waals surface area (Å²) >= 11 is 5.86. The van der Waals surface area contributed by atoms with Gasteiger partial charge >= 0.3 is 0 Å². The SMILES string of the molecule is CCC(C)n1ccc(CN2CCCC(CCCl)C2)n1. The van der Waals surface area contributed by atoms with Crippen LogP contribution in [0.5, 0.6) is 0 Å². The van der Waals surface area contributed by atoms with E-state index in [1.807, 2.05) is 0 Å². The summed E-state index contributed by atoms with van der Waals surface area (Å²) in [6.07, 6.45) is 7.03. The second kappa shape index (κ2) is 7.30. The topological polar surface area (TPSA) is 21.1 Å². The number of rotatable bonds is 6. The maximum Gasteiger partial charge on any atom is 0.0764 e. The van der Waals surface area contributed by atoms with Gasteiger partial charge in [-0.2, -0.15) is 5.10 Å². The van der Waals surface area contributed by atoms with Crippen LogP contribution in [0.4, 0.5) is 0 Å². The van der Waals surface area contributed by atoms with E-state index in [0.29, 0.717) is 6.04 Å². The standard InChI is InChI=1S/C15H26ClN3/c1-3-13(2)19-10-7-15(17-19)12-18-9-4-5-14(11-18)6-8-16/h7,10,13-14H,3-6,8-9,11-12H2,1-2H3. The van der Waals surface area contributed by atoms with Crippen LogP contribution in [-0.2, 0) is 6.54 Å². The molecule has 3 nitrogen and oxygen atoms in total. The van der Waals surface area contributed by atoms with Crippen LogP contribution < -0.4 is 0 Å². The van der Waals surface area contributed by atoms with Crippen molar-refractivity contribution in [3.05, 3.63) is 18.0 Å². The van der Waals surface area contributed by atoms with E-state index in [-0.39, 0.29) is 0 Å². The molecule has 0 aromatic carbocycles. The number of piperidine rings is 1. The maximum absolute atomic E-state index is 5.86. The molecule has 0 spiro atoms. The number of hydrogen-bond acceptors (Lipinski definition) is 2. The van der Waals surface area contributed by atoms with Crippen molar-refractivity contribution in [2.24, 2.45) is 5.92 Å². The van der Waals surface area contributed by atoms with Crippen molar-refractivity contribution >= 4 is 11.6 Å². The fourth-order valence-corrected chi connectivity index (χ4v) is 3.12. The third kappa shape index (κ3) is 4.22. The summed E-state index contributed by atoms with van der Waals surface area (Å²) in [6, 6.07) is 2.66. The Morgan fingerprint density at radius 3 is 3.11 bits per heavy atom. The summed E-state index contributed by atoms with van der Waals surface area (Å²) < 4.78 is 2.09. The Morgan fingerprint density at radius 1 is 1.53 bits per heavy atom. The van der Waals surface area contributed by atoms with Crippen molar-refractivity contribution in [1.29, 1.82) is 0 Å². The smallest absolute Gasteiger partial charge is 0.0764 e. The van der Waals surface area contributed by atoms with Crippen LogP contribution in [0.1, 0.15) is 51.3 Å². The lowest BCUT2D eigenvalue weighted by atomic mass is 9.95. The third-order valence-corrected chi connectivity index (χ3v) is 4.43. The zero-order chi connectivity index (χ0) is 13.7. The summed E-state index contributed by atoms with van der Waals surface area (Å²) in [5.41, 5.74) is 1.20. The third-order valence-electron chi connectivity index (χ3n) is 4.21. The first kappa shape index (κ1) is 14.9. The first-order chi connectivity index (χ1) is 9.22. The minimum Gasteiger partial charge on any atom is -0.297 e. The van der Waals surface area contributed by atoms with E-state index >= 15 is 0 Å². The van der Waals surface area contributed by atoms with Crippen LogP contribution in [0.25, 0.3) is 0 Å². The average molecular weight is 284 g/mol. The van der Waals surface area contributed by atoms with Gasteiger partial charge in [0.1, 0.15) is 0 Å². The number of halogens is 1. The molecule has 2 atom stereocenters. The lowest BCUT2D eigenvalue weighted by Gasteiger charge is -2.31. The van der Waals surface area contributed by atoms with Crippen LogP contribution in [0.3, 0.4) is 0 Å². The number of hydrogen-bond donors (Lipinski definition) is 0. The second-order valence-electron chi connectivity index (χ2n) is 5.77. The van der Waals surface area contributed by atoms with Crippen molar-refractivity contribution in [2.45, 2.75) is 52.1 Å². The Balaban J connectivity index is 1.88. The van der Waals surface area contributed by atoms with E-state index in [1.165, 1.54) is 31.6 Å². The van der Waals surface area contributed by atoms with Gasteiger partial charge in [-0.25, -0.2) is 0 Å². The molecule has 1 aromatic heterocycles. The second-order valence-corrected chi connectivity index (χ2v) is 6.14. The Hall–Kier alpha value is -0.540. The monoisotopic (exact) mass is 283 g/mol. The van der Waals surface area contributed by atoms with Crippen molar-refractivity contribution in [3.63, 3.8) is 0 Å². The van der Waals surface area contributed by atoms with Crippen molar-refractivity contribution in [1.82, 2.24) is 14.7 Å². The Labute approximate surface area is 121 Å². The number of likely N-dealkylation sites (tertiary alicyclic amines) is 1. The minimum absolute atomic E-state index is 0.499. The summed E-state index contributed by atoms with van der Waals surface area (Å²) in [5.74, 6) is 1.57. The lowest BCUT2D eigenvalue weighted by molar-refractivity contribution is 0.163. The molecule has 2 heterocycles. The van der Waals surface area contributed by atoms with Crippen molar-refractivity contribution in [3.8, 4) is 0 Å². The highest BCUT2D eigenvalue weighted by molar-refractivity contribution is 6.17. The highest BCUT2D eigenvalue weighted by atomic mass is 35.5. The molecular weight excluding hydrogens is 258 g/mol. The average Bonchev–Trinajstić information content (AvgIpc) is 2.87. The van der Waals surface area contributed by atoms with Gasteiger partial charge in [-0.15, -0.1) is 11.6 Å². The summed E-state index contributed by atoms with van der Waals surface area (Å²) in [4.78, 5) is 2.53. The highest BCUT2D eigenvalue weighted by Gasteiger charge is 2.20. The lowest BCUT2D eigenvalue weighted by Crippen LogP contribution is -2.35. The molecule has 1 aliphatic rings. The maximum atomic E-state index is 5.86. The molecule has 0 amide bonds. The molecule has 0 bridgehead atoms. The number of aromatic nitrogens is 2. The van der Waals surface area contributed by atoms with E-state index in [9.17, 15) is 0 Å². The Kier molecular flexibility index (Phi) is 5.71. The molecule has 0 aliphatic carbocycles. The summed E-state index contributed by atoms with van der Waals surface area (Å²) in [7, 11) is 0. The van der Waals surface area contributed by atoms with Crippen molar-refractivity contribution < 1.29 is 0 Å². The quantitative estimate of drug-likeness (QED) is 0.743. The largest absolute Gasteiger partial charge is 0.297 e. The summed E-state index contributed by atoms with van der Waals surface area (Å²) in [6.45, 7) is 7.79. The first-order valence-electron chi connectivity index (χ1n) is 7.55. The zero-order valence-electron chi connectivity index (χ0n) is 12.2. The van der Waals surface area contributed by atoms with Gasteiger partial charge in [0.15, 0.2) is 0 Å². The van der Waals surface area contributed by atoms with Crippen LogP contribution >= 0.6 is 11.6 Å². The number of alkyl halides is 1. The molecule has 2 unspecified atom stereocenters. The molecule has 108 valence electrons. The number of nitrogens with zero attached hydrogens (tertiary/aromatic N) is 3. The molecule has 4 heteroatoms. The Bertz CT molecular complexity index is 375. The fourth-order valence-electron chi connectivity index (χ4n) is 2.81. The van der Waals surface area contributed by atoms with Gasteiger partial charge in [0, 0.05) is 31.2 Å². The van der Waals surface area contributed by atoms with E-state index < -0.39 is 0 Å². The van der Waals surface area contributed by atoms with Crippen LogP contribution in [0.15, 0.2) is 12.3 Å². The van der Waals surface area contributed by atoms with Crippen LogP contribution in [0.2, 0.25) is 0 Å². The van der Waals surface area contributed by atoms with E-state index in [4.69, 9.17) is 16.7 Å². The van der Waals surface area contributed by atoms with Crippen LogP contribution in [0, 0.1) is 5.92 Å². The van der Waals surface area contributed by atoms with Crippen LogP contribution in [-0.4, -0.2) is 33.6 Å². The Morgan fingerprint density at radius 2 is 2.37 bits per heavy atom. The molecule has 2 rings (SSSR count). The fraction of sp³-hybridized carbons (Fsp3) is 0.800. The van der Waals surface area contributed by atoms with E-state index in [2.05, 4.69) is 35.7 Å². The molecule has 0 radical (unpaired) electrons. The van der Waals surface area contributed by atoms with Gasteiger partial charge in [-0.3, -0.25) is 9.58 Å². The van der Waals surface area contributed by atoms with E-state index in [0.717, 1.165) is 31.2 Å². The van der Waals surface area contributed by atoms with Gasteiger partial charge in [-0.05, 0) is 51.1 Å². The molecule has 1 saturated heterocycles. The summed E-state index contributed by atoms with van der Waals surface area (Å²) in [5, 5.41) is 4.70.